The van der Waals surface area contributed by atoms with E-state index in [1.807, 2.05) is 54.8 Å². The molecule has 7 heteroatoms. The standard InChI is InChI=1S/C25H20N2O4S/c1-15-20(24(29)27(26(15)2)16-9-4-3-5-10-16)21(19-13-8-14-32-19)22-23(28)17-11-6-7-12-18(17)31-25(22)30/h3-14,21,28H,1-2H3. The molecule has 0 aliphatic rings. The first kappa shape index (κ1) is 20.1. The Bertz CT molecular complexity index is 1540. The van der Waals surface area contributed by atoms with E-state index in [0.29, 0.717) is 27.9 Å². The SMILES string of the molecule is Cc1c(C(c2cccs2)c2c(O)c3ccccc3oc2=O)c(=O)n(-c2ccccc2)n1C. The van der Waals surface area contributed by atoms with Gasteiger partial charge in [-0.2, -0.15) is 0 Å². The Morgan fingerprint density at radius 3 is 2.38 bits per heavy atom. The number of para-hydroxylation sites is 2. The van der Waals surface area contributed by atoms with Crippen LogP contribution in [0.2, 0.25) is 0 Å². The first-order valence-corrected chi connectivity index (χ1v) is 11.0. The fraction of sp³-hybridized carbons (Fsp3) is 0.120. The average molecular weight is 445 g/mol. The van der Waals surface area contributed by atoms with Crippen molar-refractivity contribution >= 4 is 22.3 Å². The zero-order valence-electron chi connectivity index (χ0n) is 17.5. The summed E-state index contributed by atoms with van der Waals surface area (Å²) in [6, 6.07) is 19.9. The van der Waals surface area contributed by atoms with E-state index >= 15 is 0 Å². The van der Waals surface area contributed by atoms with Gasteiger partial charge in [0.05, 0.1) is 28.1 Å². The highest BCUT2D eigenvalue weighted by Crippen LogP contribution is 2.40. The first-order valence-electron chi connectivity index (χ1n) is 10.1. The maximum atomic E-state index is 13.7. The number of rotatable bonds is 4. The molecule has 32 heavy (non-hydrogen) atoms. The molecule has 160 valence electrons. The second-order valence-corrected chi connectivity index (χ2v) is 8.55. The van der Waals surface area contributed by atoms with Crippen LogP contribution in [0, 0.1) is 6.92 Å². The van der Waals surface area contributed by atoms with Crippen LogP contribution >= 0.6 is 11.3 Å². The van der Waals surface area contributed by atoms with E-state index in [-0.39, 0.29) is 16.9 Å². The minimum Gasteiger partial charge on any atom is -0.507 e. The van der Waals surface area contributed by atoms with Gasteiger partial charge in [0.15, 0.2) is 0 Å². The molecule has 1 atom stereocenters. The predicted molar refractivity (Wildman–Crippen MR) is 125 cm³/mol. The van der Waals surface area contributed by atoms with Crippen LogP contribution in [0.15, 0.2) is 86.1 Å². The Hall–Kier alpha value is -3.84. The number of hydrogen-bond acceptors (Lipinski definition) is 5. The van der Waals surface area contributed by atoms with E-state index < -0.39 is 11.5 Å². The van der Waals surface area contributed by atoms with Crippen molar-refractivity contribution in [3.8, 4) is 11.4 Å². The highest BCUT2D eigenvalue weighted by Gasteiger charge is 2.33. The summed E-state index contributed by atoms with van der Waals surface area (Å²) < 4.78 is 8.89. The lowest BCUT2D eigenvalue weighted by Crippen LogP contribution is -2.24. The van der Waals surface area contributed by atoms with E-state index in [1.54, 1.807) is 40.7 Å². The van der Waals surface area contributed by atoms with Crippen LogP contribution < -0.4 is 11.2 Å². The molecule has 3 heterocycles. The van der Waals surface area contributed by atoms with Crippen molar-refractivity contribution in [3.05, 3.63) is 115 Å². The third kappa shape index (κ3) is 3.01. The molecule has 6 nitrogen and oxygen atoms in total. The Morgan fingerprint density at radius 1 is 0.938 bits per heavy atom. The van der Waals surface area contributed by atoms with Crippen LogP contribution in [0.25, 0.3) is 16.7 Å². The molecule has 0 aliphatic heterocycles. The second-order valence-electron chi connectivity index (χ2n) is 7.57. The van der Waals surface area contributed by atoms with E-state index in [1.165, 1.54) is 11.3 Å². The lowest BCUT2D eigenvalue weighted by Gasteiger charge is -2.16. The molecule has 0 bridgehead atoms. The van der Waals surface area contributed by atoms with Gasteiger partial charge in [-0.15, -0.1) is 11.3 Å². The predicted octanol–water partition coefficient (Wildman–Crippen LogP) is 4.54. The third-order valence-electron chi connectivity index (χ3n) is 5.82. The number of benzene rings is 2. The summed E-state index contributed by atoms with van der Waals surface area (Å²) in [5.74, 6) is -0.927. The third-order valence-corrected chi connectivity index (χ3v) is 6.76. The van der Waals surface area contributed by atoms with Gasteiger partial charge < -0.3 is 9.52 Å². The van der Waals surface area contributed by atoms with Gasteiger partial charge in [0.25, 0.3) is 5.56 Å². The molecule has 0 aliphatic carbocycles. The monoisotopic (exact) mass is 444 g/mol. The maximum absolute atomic E-state index is 13.7. The Balaban J connectivity index is 1.85. The highest BCUT2D eigenvalue weighted by molar-refractivity contribution is 7.10. The quantitative estimate of drug-likeness (QED) is 0.413. The minimum atomic E-state index is -0.764. The van der Waals surface area contributed by atoms with Gasteiger partial charge in [-0.05, 0) is 42.6 Å². The van der Waals surface area contributed by atoms with Crippen molar-refractivity contribution < 1.29 is 9.52 Å². The lowest BCUT2D eigenvalue weighted by molar-refractivity contribution is 0.455. The maximum Gasteiger partial charge on any atom is 0.344 e. The van der Waals surface area contributed by atoms with Crippen molar-refractivity contribution in [2.75, 3.05) is 0 Å². The molecule has 0 spiro atoms. The summed E-state index contributed by atoms with van der Waals surface area (Å²) in [5, 5.41) is 13.5. The van der Waals surface area contributed by atoms with Crippen LogP contribution in [-0.4, -0.2) is 14.5 Å². The molecule has 0 amide bonds. The zero-order chi connectivity index (χ0) is 22.4. The number of aromatic nitrogens is 2. The molecule has 0 saturated carbocycles. The molecule has 5 aromatic rings. The van der Waals surface area contributed by atoms with Gasteiger partial charge in [0, 0.05) is 17.6 Å². The Labute approximate surface area is 187 Å². The second kappa shape index (κ2) is 7.69. The largest absolute Gasteiger partial charge is 0.507 e. The van der Waals surface area contributed by atoms with E-state index in [2.05, 4.69) is 0 Å². The van der Waals surface area contributed by atoms with Crippen LogP contribution in [0.4, 0.5) is 0 Å². The topological polar surface area (TPSA) is 77.4 Å². The molecule has 1 N–H and O–H groups in total. The molecule has 0 radical (unpaired) electrons. The summed E-state index contributed by atoms with van der Waals surface area (Å²) in [7, 11) is 1.81. The molecule has 0 saturated heterocycles. The van der Waals surface area contributed by atoms with Crippen LogP contribution in [0.1, 0.15) is 27.6 Å². The van der Waals surface area contributed by atoms with Crippen LogP contribution in [-0.2, 0) is 7.05 Å². The molecule has 1 unspecified atom stereocenters. The van der Waals surface area contributed by atoms with Crippen LogP contribution in [0.3, 0.4) is 0 Å². The van der Waals surface area contributed by atoms with Crippen molar-refractivity contribution in [2.45, 2.75) is 12.8 Å². The highest BCUT2D eigenvalue weighted by atomic mass is 32.1. The molecular weight excluding hydrogens is 424 g/mol. The van der Waals surface area contributed by atoms with Gasteiger partial charge in [-0.25, -0.2) is 9.48 Å². The Kier molecular flexibility index (Phi) is 4.83. The fourth-order valence-corrected chi connectivity index (χ4v) is 5.05. The average Bonchev–Trinajstić information content (AvgIpc) is 3.40. The van der Waals surface area contributed by atoms with Crippen molar-refractivity contribution in [1.82, 2.24) is 9.36 Å². The molecule has 3 aromatic heterocycles. The number of aromatic hydroxyl groups is 1. The smallest absolute Gasteiger partial charge is 0.344 e. The van der Waals surface area contributed by atoms with Crippen molar-refractivity contribution in [2.24, 2.45) is 7.05 Å². The molecular formula is C25H20N2O4S. The fourth-order valence-electron chi connectivity index (χ4n) is 4.21. The molecule has 2 aromatic carbocycles. The van der Waals surface area contributed by atoms with Gasteiger partial charge in [0.2, 0.25) is 0 Å². The van der Waals surface area contributed by atoms with E-state index in [4.69, 9.17) is 4.42 Å². The number of hydrogen-bond donors (Lipinski definition) is 1. The van der Waals surface area contributed by atoms with Crippen molar-refractivity contribution in [1.29, 1.82) is 0 Å². The van der Waals surface area contributed by atoms with E-state index in [0.717, 1.165) is 4.88 Å². The summed E-state index contributed by atoms with van der Waals surface area (Å²) >= 11 is 1.42. The summed E-state index contributed by atoms with van der Waals surface area (Å²) in [5.41, 5.74) is 1.30. The van der Waals surface area contributed by atoms with Gasteiger partial charge in [-0.1, -0.05) is 36.4 Å². The number of fused-ring (bicyclic) bond motifs is 1. The number of nitrogens with zero attached hydrogens (tertiary/aromatic N) is 2. The Morgan fingerprint density at radius 2 is 1.66 bits per heavy atom. The first-order chi connectivity index (χ1) is 15.5. The van der Waals surface area contributed by atoms with Gasteiger partial charge in [0.1, 0.15) is 11.3 Å². The lowest BCUT2D eigenvalue weighted by atomic mass is 9.89. The van der Waals surface area contributed by atoms with Gasteiger partial charge >= 0.3 is 5.63 Å². The summed E-state index contributed by atoms with van der Waals surface area (Å²) in [6.45, 7) is 1.84. The number of thiophene rings is 1. The minimum absolute atomic E-state index is 0.0668. The van der Waals surface area contributed by atoms with Gasteiger partial charge in [-0.3, -0.25) is 9.48 Å². The summed E-state index contributed by atoms with van der Waals surface area (Å²) in [6.07, 6.45) is 0. The molecule has 0 fully saturated rings. The summed E-state index contributed by atoms with van der Waals surface area (Å²) in [4.78, 5) is 27.6. The van der Waals surface area contributed by atoms with Crippen LogP contribution in [0.5, 0.6) is 5.75 Å². The zero-order valence-corrected chi connectivity index (χ0v) is 18.3. The van der Waals surface area contributed by atoms with Crippen molar-refractivity contribution in [3.63, 3.8) is 0 Å². The van der Waals surface area contributed by atoms with E-state index in [9.17, 15) is 14.7 Å². The normalized spacial score (nSPS) is 12.3. The molecule has 5 rings (SSSR count).